The molecule has 0 bridgehead atoms. The zero-order valence-electron chi connectivity index (χ0n) is 29.3. The molecule has 4 saturated carbocycles. The third-order valence-corrected chi connectivity index (χ3v) is 13.6. The van der Waals surface area contributed by atoms with Crippen molar-refractivity contribution in [3.63, 3.8) is 0 Å². The molecule has 0 aromatic carbocycles. The Labute approximate surface area is 278 Å². The van der Waals surface area contributed by atoms with Gasteiger partial charge < -0.3 is 43.4 Å². The topological polar surface area (TPSA) is 89.9 Å². The predicted octanol–water partition coefficient (Wildman–Crippen LogP) is 4.18. The van der Waals surface area contributed by atoms with Crippen molar-refractivity contribution in [3.05, 3.63) is 0 Å². The summed E-state index contributed by atoms with van der Waals surface area (Å²) >= 11 is 0. The van der Waals surface area contributed by atoms with Gasteiger partial charge in [-0.3, -0.25) is 0 Å². The van der Waals surface area contributed by atoms with Crippen molar-refractivity contribution in [1.29, 1.82) is 0 Å². The van der Waals surface area contributed by atoms with Gasteiger partial charge in [0.2, 0.25) is 0 Å². The van der Waals surface area contributed by atoms with E-state index in [4.69, 9.17) is 23.7 Å². The molecule has 6 aliphatic rings. The predicted molar refractivity (Wildman–Crippen MR) is 177 cm³/mol. The molecule has 0 spiro atoms. The fourth-order valence-corrected chi connectivity index (χ4v) is 10.8. The summed E-state index contributed by atoms with van der Waals surface area (Å²) in [6.45, 7) is 3.23. The molecule has 9 heteroatoms. The second-order valence-electron chi connectivity index (χ2n) is 16.2. The van der Waals surface area contributed by atoms with Gasteiger partial charge in [-0.1, -0.05) is 0 Å². The summed E-state index contributed by atoms with van der Waals surface area (Å²) in [7, 11) is 9.90. The van der Waals surface area contributed by atoms with E-state index >= 15 is 0 Å². The average molecular weight is 649 g/mol. The summed E-state index contributed by atoms with van der Waals surface area (Å²) < 4.78 is 31.4. The summed E-state index contributed by atoms with van der Waals surface area (Å²) in [5, 5.41) is 11.5. The molecule has 0 radical (unpaired) electrons. The number of hydrogen-bond acceptors (Lipinski definition) is 9. The number of carbonyl (C=O) groups excluding carboxylic acids is 1. The van der Waals surface area contributed by atoms with Gasteiger partial charge in [-0.05, 0) is 134 Å². The number of nitrogens with zero attached hydrogens (tertiary/aromatic N) is 2. The fraction of sp³-hybridized carbons (Fsp3) is 0.973. The number of rotatable bonds is 10. The fourth-order valence-electron chi connectivity index (χ4n) is 10.8. The first-order valence-corrected chi connectivity index (χ1v) is 18.7. The zero-order valence-corrected chi connectivity index (χ0v) is 29.3. The van der Waals surface area contributed by atoms with Crippen LogP contribution < -0.4 is 0 Å². The minimum atomic E-state index is -0.604. The smallest absolute Gasteiger partial charge is 0.123 e. The van der Waals surface area contributed by atoms with Gasteiger partial charge in [0.25, 0.3) is 0 Å². The molecule has 4 aliphatic carbocycles. The van der Waals surface area contributed by atoms with Crippen LogP contribution in [0.1, 0.15) is 83.5 Å². The summed E-state index contributed by atoms with van der Waals surface area (Å²) in [6.07, 6.45) is 14.4. The Kier molecular flexibility index (Phi) is 12.2. The van der Waals surface area contributed by atoms with Crippen molar-refractivity contribution < 1.29 is 33.6 Å². The molecule has 0 aromatic rings. The lowest BCUT2D eigenvalue weighted by Gasteiger charge is -2.53. The van der Waals surface area contributed by atoms with Crippen molar-refractivity contribution in [2.75, 3.05) is 55.1 Å². The van der Waals surface area contributed by atoms with Crippen LogP contribution in [0.3, 0.4) is 0 Å². The van der Waals surface area contributed by atoms with Gasteiger partial charge in [-0.25, -0.2) is 0 Å². The molecule has 0 aromatic heterocycles. The van der Waals surface area contributed by atoms with E-state index in [9.17, 15) is 9.90 Å². The first-order chi connectivity index (χ1) is 22.3. The largest absolute Gasteiger partial charge is 0.388 e. The Bertz CT molecular complexity index is 964. The summed E-state index contributed by atoms with van der Waals surface area (Å²) in [5.74, 6) is 2.91. The van der Waals surface area contributed by atoms with Crippen molar-refractivity contribution in [2.45, 2.75) is 138 Å². The molecule has 9 nitrogen and oxygen atoms in total. The highest BCUT2D eigenvalue weighted by Gasteiger charge is 2.51. The number of piperidine rings is 2. The monoisotopic (exact) mass is 648 g/mol. The summed E-state index contributed by atoms with van der Waals surface area (Å²) in [6, 6.07) is 0.547. The van der Waals surface area contributed by atoms with E-state index in [0.717, 1.165) is 83.7 Å². The molecular weight excluding hydrogens is 584 g/mol. The Hall–Kier alpha value is -0.650. The lowest BCUT2D eigenvalue weighted by Crippen LogP contribution is -2.60. The molecule has 46 heavy (non-hydrogen) atoms. The second kappa shape index (κ2) is 15.9. The van der Waals surface area contributed by atoms with E-state index < -0.39 is 6.10 Å². The number of hydrogen-bond donors (Lipinski definition) is 1. The van der Waals surface area contributed by atoms with Gasteiger partial charge in [0, 0.05) is 45.8 Å². The van der Waals surface area contributed by atoms with Crippen molar-refractivity contribution in [3.8, 4) is 0 Å². The van der Waals surface area contributed by atoms with Crippen molar-refractivity contribution in [1.82, 2.24) is 9.80 Å². The van der Waals surface area contributed by atoms with E-state index in [0.29, 0.717) is 35.6 Å². The second-order valence-corrected chi connectivity index (χ2v) is 16.2. The highest BCUT2D eigenvalue weighted by Crippen LogP contribution is 2.47. The number of carbonyl (C=O) groups is 1. The first kappa shape index (κ1) is 35.2. The lowest BCUT2D eigenvalue weighted by atomic mass is 9.66. The van der Waals surface area contributed by atoms with Crippen LogP contribution in [0, 0.1) is 35.5 Å². The first-order valence-electron chi connectivity index (χ1n) is 18.7. The molecule has 2 heterocycles. The molecule has 6 fully saturated rings. The SMILES string of the molecule is COC1CCC(C=O)CC1OC1CCC(CC2C3CC(OC4C(O)C(OC)CC5CCN(C)CC54)C(OC)CC3CCN2C)CC1. The quantitative estimate of drug-likeness (QED) is 0.351. The number of likely N-dealkylation sites (tertiary alicyclic amines) is 2. The van der Waals surface area contributed by atoms with E-state index in [1.54, 1.807) is 14.2 Å². The number of aldehydes is 1. The standard InChI is InChI=1S/C37H64N2O7/c1-38-14-12-26-19-35(44-5)36(41)37(29(26)21-38)46-34-20-28-25(18-32(34)43-4)13-15-39(2)30(28)16-23-6-9-27(10-7-23)45-33-17-24(22-40)8-11-31(33)42-3/h22-37,41H,6-21H2,1-5H3. The van der Waals surface area contributed by atoms with E-state index in [2.05, 4.69) is 23.9 Å². The van der Waals surface area contributed by atoms with Crippen LogP contribution in [0.5, 0.6) is 0 Å². The number of ether oxygens (including phenoxy) is 5. The van der Waals surface area contributed by atoms with E-state index in [1.807, 2.05) is 7.11 Å². The highest BCUT2D eigenvalue weighted by atomic mass is 16.6. The van der Waals surface area contributed by atoms with Gasteiger partial charge in [0.15, 0.2) is 0 Å². The lowest BCUT2D eigenvalue weighted by molar-refractivity contribution is -0.220. The number of aliphatic hydroxyl groups excluding tert-OH is 1. The van der Waals surface area contributed by atoms with Crippen LogP contribution in [0.4, 0.5) is 0 Å². The minimum absolute atomic E-state index is 0.00746. The molecular formula is C37H64N2O7. The van der Waals surface area contributed by atoms with Gasteiger partial charge in [0.05, 0.1) is 42.7 Å². The Morgan fingerprint density at radius 2 is 1.37 bits per heavy atom. The van der Waals surface area contributed by atoms with Gasteiger partial charge in [-0.2, -0.15) is 0 Å². The van der Waals surface area contributed by atoms with Crippen LogP contribution >= 0.6 is 0 Å². The summed E-state index contributed by atoms with van der Waals surface area (Å²) in [4.78, 5) is 16.5. The molecule has 6 rings (SSSR count). The average Bonchev–Trinajstić information content (AvgIpc) is 3.07. The van der Waals surface area contributed by atoms with E-state index in [-0.39, 0.29) is 48.6 Å². The molecule has 13 atom stereocenters. The maximum atomic E-state index is 11.5. The van der Waals surface area contributed by atoms with Crippen molar-refractivity contribution in [2.24, 2.45) is 35.5 Å². The molecule has 13 unspecified atom stereocenters. The van der Waals surface area contributed by atoms with Crippen LogP contribution in [0.2, 0.25) is 0 Å². The number of aliphatic hydroxyl groups is 1. The summed E-state index contributed by atoms with van der Waals surface area (Å²) in [5.41, 5.74) is 0. The zero-order chi connectivity index (χ0) is 32.4. The Balaban J connectivity index is 1.08. The minimum Gasteiger partial charge on any atom is -0.388 e. The molecule has 2 saturated heterocycles. The van der Waals surface area contributed by atoms with Crippen LogP contribution in [0.25, 0.3) is 0 Å². The normalized spacial score (nSPS) is 47.6. The third-order valence-electron chi connectivity index (χ3n) is 13.6. The number of methoxy groups -OCH3 is 3. The molecule has 1 N–H and O–H groups in total. The maximum absolute atomic E-state index is 11.5. The highest BCUT2D eigenvalue weighted by molar-refractivity contribution is 5.53. The molecule has 2 aliphatic heterocycles. The molecule has 264 valence electrons. The van der Waals surface area contributed by atoms with Crippen LogP contribution in [-0.2, 0) is 28.5 Å². The van der Waals surface area contributed by atoms with Gasteiger partial charge >= 0.3 is 0 Å². The Morgan fingerprint density at radius 3 is 2.09 bits per heavy atom. The third kappa shape index (κ3) is 7.72. The van der Waals surface area contributed by atoms with E-state index in [1.165, 1.54) is 25.7 Å². The van der Waals surface area contributed by atoms with Crippen molar-refractivity contribution >= 4 is 6.29 Å². The molecule has 0 amide bonds. The Morgan fingerprint density at radius 1 is 0.696 bits per heavy atom. The number of fused-ring (bicyclic) bond motifs is 2. The van der Waals surface area contributed by atoms with Crippen LogP contribution in [0.15, 0.2) is 0 Å². The van der Waals surface area contributed by atoms with Crippen LogP contribution in [-0.4, -0.2) is 131 Å². The van der Waals surface area contributed by atoms with Gasteiger partial charge in [0.1, 0.15) is 12.4 Å². The maximum Gasteiger partial charge on any atom is 0.123 e. The van der Waals surface area contributed by atoms with Gasteiger partial charge in [-0.15, -0.1) is 0 Å².